The summed E-state index contributed by atoms with van der Waals surface area (Å²) in [5.74, 6) is -0.352. The first-order chi connectivity index (χ1) is 6.15. The topological polar surface area (TPSA) is 46.6 Å². The van der Waals surface area contributed by atoms with Crippen LogP contribution in [0.25, 0.3) is 0 Å². The fraction of sp³-hybridized carbons (Fsp3) is 0.778. The number of esters is 1. The van der Waals surface area contributed by atoms with E-state index >= 15 is 0 Å². The van der Waals surface area contributed by atoms with Crippen LogP contribution in [0, 0.1) is 0 Å². The van der Waals surface area contributed by atoms with Gasteiger partial charge in [-0.1, -0.05) is 6.92 Å². The van der Waals surface area contributed by atoms with Crippen molar-refractivity contribution in [1.29, 1.82) is 0 Å². The maximum atomic E-state index is 11.0. The molecule has 0 saturated carbocycles. The molecule has 0 aliphatic carbocycles. The van der Waals surface area contributed by atoms with Crippen molar-refractivity contribution in [2.75, 3.05) is 13.2 Å². The number of ether oxygens (including phenoxy) is 1. The van der Waals surface area contributed by atoms with E-state index in [1.807, 2.05) is 13.8 Å². The minimum Gasteiger partial charge on any atom is -0.465 e. The third-order valence-electron chi connectivity index (χ3n) is 1.91. The Balaban J connectivity index is 3.97. The Morgan fingerprint density at radius 3 is 2.54 bits per heavy atom. The van der Waals surface area contributed by atoms with Crippen LogP contribution in [0.1, 0.15) is 27.2 Å². The fourth-order valence-corrected chi connectivity index (χ4v) is 0.887. The van der Waals surface area contributed by atoms with Gasteiger partial charge in [-0.05, 0) is 20.3 Å². The standard InChI is InChI=1S/C9H17NO3/c1-4-8(3)10(7-11)6-9(12)13-5-2/h7-8H,4-6H2,1-3H3. The molecule has 1 amide bonds. The minimum absolute atomic E-state index is 0.0480. The number of amides is 1. The van der Waals surface area contributed by atoms with Crippen LogP contribution in [-0.2, 0) is 14.3 Å². The van der Waals surface area contributed by atoms with Crippen LogP contribution < -0.4 is 0 Å². The van der Waals surface area contributed by atoms with Crippen molar-refractivity contribution in [3.8, 4) is 0 Å². The largest absolute Gasteiger partial charge is 0.465 e. The summed E-state index contributed by atoms with van der Waals surface area (Å²) in [6.07, 6.45) is 1.52. The van der Waals surface area contributed by atoms with Gasteiger partial charge in [0, 0.05) is 6.04 Å². The van der Waals surface area contributed by atoms with Crippen LogP contribution >= 0.6 is 0 Å². The van der Waals surface area contributed by atoms with E-state index < -0.39 is 0 Å². The van der Waals surface area contributed by atoms with E-state index in [9.17, 15) is 9.59 Å². The zero-order chi connectivity index (χ0) is 10.3. The van der Waals surface area contributed by atoms with E-state index in [0.29, 0.717) is 13.0 Å². The zero-order valence-corrected chi connectivity index (χ0v) is 8.45. The first kappa shape index (κ1) is 11.9. The molecule has 76 valence electrons. The van der Waals surface area contributed by atoms with Gasteiger partial charge in [-0.15, -0.1) is 0 Å². The second kappa shape index (κ2) is 6.46. The Hall–Kier alpha value is -1.06. The molecular formula is C9H17NO3. The summed E-state index contributed by atoms with van der Waals surface area (Å²) >= 11 is 0. The molecule has 4 nitrogen and oxygen atoms in total. The monoisotopic (exact) mass is 187 g/mol. The summed E-state index contributed by atoms with van der Waals surface area (Å²) in [4.78, 5) is 23.0. The summed E-state index contributed by atoms with van der Waals surface area (Å²) in [5, 5.41) is 0. The van der Waals surface area contributed by atoms with Crippen molar-refractivity contribution in [2.45, 2.75) is 33.2 Å². The number of rotatable bonds is 6. The zero-order valence-electron chi connectivity index (χ0n) is 8.45. The third-order valence-corrected chi connectivity index (χ3v) is 1.91. The van der Waals surface area contributed by atoms with Crippen molar-refractivity contribution in [3.05, 3.63) is 0 Å². The lowest BCUT2D eigenvalue weighted by atomic mass is 10.2. The van der Waals surface area contributed by atoms with Gasteiger partial charge >= 0.3 is 5.97 Å². The van der Waals surface area contributed by atoms with Gasteiger partial charge in [-0.3, -0.25) is 9.59 Å². The Labute approximate surface area is 78.9 Å². The van der Waals surface area contributed by atoms with Gasteiger partial charge in [0.15, 0.2) is 0 Å². The summed E-state index contributed by atoms with van der Waals surface area (Å²) in [7, 11) is 0. The molecule has 0 rings (SSSR count). The molecule has 0 radical (unpaired) electrons. The van der Waals surface area contributed by atoms with Gasteiger partial charge in [0.1, 0.15) is 6.54 Å². The average Bonchev–Trinajstić information content (AvgIpc) is 2.13. The number of hydrogen-bond donors (Lipinski definition) is 0. The van der Waals surface area contributed by atoms with E-state index in [-0.39, 0.29) is 18.6 Å². The summed E-state index contributed by atoms with van der Waals surface area (Å²) in [6, 6.07) is 0.0851. The quantitative estimate of drug-likeness (QED) is 0.456. The lowest BCUT2D eigenvalue weighted by Gasteiger charge is -2.22. The molecular weight excluding hydrogens is 170 g/mol. The molecule has 0 aromatic rings. The maximum Gasteiger partial charge on any atom is 0.325 e. The van der Waals surface area contributed by atoms with E-state index in [1.54, 1.807) is 6.92 Å². The molecule has 0 bridgehead atoms. The summed E-state index contributed by atoms with van der Waals surface area (Å²) in [5.41, 5.74) is 0. The van der Waals surface area contributed by atoms with Crippen LogP contribution in [0.2, 0.25) is 0 Å². The molecule has 0 aromatic carbocycles. The lowest BCUT2D eigenvalue weighted by Crippen LogP contribution is -2.36. The van der Waals surface area contributed by atoms with Gasteiger partial charge < -0.3 is 9.64 Å². The third kappa shape index (κ3) is 4.50. The number of carbonyl (C=O) groups is 2. The normalized spacial score (nSPS) is 11.9. The molecule has 0 spiro atoms. The van der Waals surface area contributed by atoms with Crippen LogP contribution in [0.15, 0.2) is 0 Å². The van der Waals surface area contributed by atoms with E-state index in [4.69, 9.17) is 4.74 Å². The molecule has 0 aliphatic rings. The van der Waals surface area contributed by atoms with Crippen LogP contribution in [0.5, 0.6) is 0 Å². The second-order valence-corrected chi connectivity index (χ2v) is 2.84. The predicted molar refractivity (Wildman–Crippen MR) is 49.2 cm³/mol. The molecule has 1 atom stereocenters. The lowest BCUT2D eigenvalue weighted by molar-refractivity contribution is -0.147. The first-order valence-corrected chi connectivity index (χ1v) is 4.52. The van der Waals surface area contributed by atoms with Gasteiger partial charge in [0.2, 0.25) is 6.41 Å². The molecule has 0 heterocycles. The van der Waals surface area contributed by atoms with Gasteiger partial charge in [-0.25, -0.2) is 0 Å². The van der Waals surface area contributed by atoms with Gasteiger partial charge in [0.25, 0.3) is 0 Å². The number of hydrogen-bond acceptors (Lipinski definition) is 3. The molecule has 0 N–H and O–H groups in total. The highest BCUT2D eigenvalue weighted by Crippen LogP contribution is 2.00. The Morgan fingerprint density at radius 1 is 1.54 bits per heavy atom. The average molecular weight is 187 g/mol. The summed E-state index contributed by atoms with van der Waals surface area (Å²) in [6.45, 7) is 6.00. The Kier molecular flexibility index (Phi) is 5.93. The van der Waals surface area contributed by atoms with Crippen LogP contribution in [-0.4, -0.2) is 36.5 Å². The highest BCUT2D eigenvalue weighted by Gasteiger charge is 2.13. The smallest absolute Gasteiger partial charge is 0.325 e. The number of nitrogens with zero attached hydrogens (tertiary/aromatic N) is 1. The van der Waals surface area contributed by atoms with Crippen LogP contribution in [0.3, 0.4) is 0 Å². The highest BCUT2D eigenvalue weighted by molar-refractivity contribution is 5.74. The van der Waals surface area contributed by atoms with Crippen molar-refractivity contribution in [1.82, 2.24) is 4.90 Å². The summed E-state index contributed by atoms with van der Waals surface area (Å²) < 4.78 is 4.73. The first-order valence-electron chi connectivity index (χ1n) is 4.52. The minimum atomic E-state index is -0.352. The molecule has 4 heteroatoms. The highest BCUT2D eigenvalue weighted by atomic mass is 16.5. The molecule has 0 aliphatic heterocycles. The Bertz CT molecular complexity index is 170. The van der Waals surface area contributed by atoms with Gasteiger partial charge in [-0.2, -0.15) is 0 Å². The van der Waals surface area contributed by atoms with Gasteiger partial charge in [0.05, 0.1) is 6.61 Å². The number of carbonyl (C=O) groups excluding carboxylic acids is 2. The fourth-order valence-electron chi connectivity index (χ4n) is 0.887. The Morgan fingerprint density at radius 2 is 2.15 bits per heavy atom. The van der Waals surface area contributed by atoms with E-state index in [1.165, 1.54) is 4.90 Å². The van der Waals surface area contributed by atoms with Crippen LogP contribution in [0.4, 0.5) is 0 Å². The van der Waals surface area contributed by atoms with E-state index in [0.717, 1.165) is 6.42 Å². The predicted octanol–water partition coefficient (Wildman–Crippen LogP) is 0.806. The maximum absolute atomic E-state index is 11.0. The van der Waals surface area contributed by atoms with Crippen molar-refractivity contribution in [2.24, 2.45) is 0 Å². The van der Waals surface area contributed by atoms with Crippen molar-refractivity contribution in [3.63, 3.8) is 0 Å². The molecule has 0 fully saturated rings. The second-order valence-electron chi connectivity index (χ2n) is 2.84. The molecule has 0 aromatic heterocycles. The van der Waals surface area contributed by atoms with Crippen molar-refractivity contribution < 1.29 is 14.3 Å². The molecule has 1 unspecified atom stereocenters. The molecule has 0 saturated heterocycles. The van der Waals surface area contributed by atoms with E-state index in [2.05, 4.69) is 0 Å². The van der Waals surface area contributed by atoms with Crippen molar-refractivity contribution >= 4 is 12.4 Å². The SMILES string of the molecule is CCOC(=O)CN(C=O)C(C)CC. The molecule has 13 heavy (non-hydrogen) atoms.